The lowest BCUT2D eigenvalue weighted by atomic mass is 10.1. The maximum Gasteiger partial charge on any atom is 0.410 e. The Bertz CT molecular complexity index is 868. The summed E-state index contributed by atoms with van der Waals surface area (Å²) in [7, 11) is 0. The first-order valence-electron chi connectivity index (χ1n) is 10.5. The first-order valence-corrected chi connectivity index (χ1v) is 10.5. The van der Waals surface area contributed by atoms with E-state index in [4.69, 9.17) is 14.2 Å². The van der Waals surface area contributed by atoms with E-state index >= 15 is 0 Å². The Labute approximate surface area is 178 Å². The molecule has 2 aromatic rings. The third-order valence-corrected chi connectivity index (χ3v) is 5.29. The molecule has 0 radical (unpaired) electrons. The molecule has 6 heteroatoms. The molecule has 30 heavy (non-hydrogen) atoms. The van der Waals surface area contributed by atoms with Crippen molar-refractivity contribution in [1.29, 1.82) is 0 Å². The highest BCUT2D eigenvalue weighted by atomic mass is 16.6. The van der Waals surface area contributed by atoms with Gasteiger partial charge in [-0.25, -0.2) is 4.79 Å². The maximum absolute atomic E-state index is 12.2. The summed E-state index contributed by atoms with van der Waals surface area (Å²) in [5.41, 5.74) is 1.91. The summed E-state index contributed by atoms with van der Waals surface area (Å²) in [6.45, 7) is 10.2. The number of piperazine rings is 1. The second-order valence-electron chi connectivity index (χ2n) is 8.85. The van der Waals surface area contributed by atoms with Gasteiger partial charge in [0.25, 0.3) is 0 Å². The van der Waals surface area contributed by atoms with Crippen molar-refractivity contribution >= 4 is 6.09 Å². The fraction of sp³-hybridized carbons (Fsp3) is 0.458. The SMILES string of the molecule is CC(C)(C)OC(=O)N1CCN(Cc2ccc(C3COc4ccccc4O3)cc2)CC1. The van der Waals surface area contributed by atoms with E-state index in [9.17, 15) is 4.79 Å². The molecule has 0 aliphatic carbocycles. The number of fused-ring (bicyclic) bond motifs is 1. The molecule has 1 atom stereocenters. The number of para-hydroxylation sites is 2. The van der Waals surface area contributed by atoms with Gasteiger partial charge >= 0.3 is 6.09 Å². The molecule has 2 aromatic carbocycles. The molecule has 0 N–H and O–H groups in total. The van der Waals surface area contributed by atoms with Gasteiger partial charge < -0.3 is 19.1 Å². The Morgan fingerprint density at radius 2 is 1.67 bits per heavy atom. The molecule has 1 saturated heterocycles. The molecular formula is C24H30N2O4. The first-order chi connectivity index (χ1) is 14.4. The number of carbonyl (C=O) groups excluding carboxylic acids is 1. The number of carbonyl (C=O) groups is 1. The van der Waals surface area contributed by atoms with Crippen molar-refractivity contribution in [3.8, 4) is 11.5 Å². The Hall–Kier alpha value is -2.73. The van der Waals surface area contributed by atoms with Crippen LogP contribution in [-0.2, 0) is 11.3 Å². The van der Waals surface area contributed by atoms with Crippen molar-refractivity contribution < 1.29 is 19.0 Å². The van der Waals surface area contributed by atoms with Crippen LogP contribution >= 0.6 is 0 Å². The largest absolute Gasteiger partial charge is 0.485 e. The highest BCUT2D eigenvalue weighted by Crippen LogP contribution is 2.35. The van der Waals surface area contributed by atoms with Crippen LogP contribution in [0.15, 0.2) is 48.5 Å². The second kappa shape index (κ2) is 8.56. The first kappa shape index (κ1) is 20.5. The number of rotatable bonds is 3. The van der Waals surface area contributed by atoms with Crippen LogP contribution in [0.4, 0.5) is 4.79 Å². The lowest BCUT2D eigenvalue weighted by Gasteiger charge is -2.35. The normalized spacial score (nSPS) is 19.4. The predicted octanol–water partition coefficient (Wildman–Crippen LogP) is 4.25. The molecule has 2 aliphatic heterocycles. The standard InChI is InChI=1S/C24H30N2O4/c1-24(2,3)30-23(27)26-14-12-25(13-15-26)16-18-8-10-19(11-9-18)22-17-28-20-6-4-5-7-21(20)29-22/h4-11,22H,12-17H2,1-3H3. The third-order valence-electron chi connectivity index (χ3n) is 5.29. The molecule has 160 valence electrons. The summed E-state index contributed by atoms with van der Waals surface area (Å²) in [6.07, 6.45) is -0.311. The van der Waals surface area contributed by atoms with Crippen molar-refractivity contribution in [1.82, 2.24) is 9.80 Å². The van der Waals surface area contributed by atoms with Crippen LogP contribution in [0.5, 0.6) is 11.5 Å². The number of amides is 1. The van der Waals surface area contributed by atoms with E-state index in [0.717, 1.165) is 36.7 Å². The van der Waals surface area contributed by atoms with Gasteiger partial charge in [-0.15, -0.1) is 0 Å². The summed E-state index contributed by atoms with van der Waals surface area (Å²) >= 11 is 0. The molecule has 4 rings (SSSR count). The number of hydrogen-bond acceptors (Lipinski definition) is 5. The van der Waals surface area contributed by atoms with Gasteiger partial charge in [-0.05, 0) is 44.0 Å². The van der Waals surface area contributed by atoms with Crippen LogP contribution in [0.25, 0.3) is 0 Å². The zero-order chi connectivity index (χ0) is 21.1. The molecule has 2 aliphatic rings. The molecule has 0 bridgehead atoms. The van der Waals surface area contributed by atoms with E-state index in [0.29, 0.717) is 19.7 Å². The minimum atomic E-state index is -0.453. The Kier molecular flexibility index (Phi) is 5.86. The predicted molar refractivity (Wildman–Crippen MR) is 115 cm³/mol. The average Bonchev–Trinajstić information content (AvgIpc) is 2.73. The summed E-state index contributed by atoms with van der Waals surface area (Å²) < 4.78 is 17.4. The summed E-state index contributed by atoms with van der Waals surface area (Å²) in [5, 5.41) is 0. The van der Waals surface area contributed by atoms with Crippen molar-refractivity contribution in [2.75, 3.05) is 32.8 Å². The van der Waals surface area contributed by atoms with E-state index < -0.39 is 5.60 Å². The van der Waals surface area contributed by atoms with Crippen molar-refractivity contribution in [2.45, 2.75) is 39.0 Å². The van der Waals surface area contributed by atoms with Gasteiger partial charge in [0, 0.05) is 32.7 Å². The topological polar surface area (TPSA) is 51.2 Å². The van der Waals surface area contributed by atoms with Crippen LogP contribution < -0.4 is 9.47 Å². The number of benzene rings is 2. The molecule has 0 spiro atoms. The van der Waals surface area contributed by atoms with Crippen molar-refractivity contribution in [2.24, 2.45) is 0 Å². The average molecular weight is 411 g/mol. The monoisotopic (exact) mass is 410 g/mol. The Balaban J connectivity index is 1.28. The minimum absolute atomic E-state index is 0.0914. The molecule has 1 fully saturated rings. The Morgan fingerprint density at radius 1 is 1.00 bits per heavy atom. The number of ether oxygens (including phenoxy) is 3. The molecule has 0 saturated carbocycles. The van der Waals surface area contributed by atoms with Crippen LogP contribution in [0.3, 0.4) is 0 Å². The summed E-state index contributed by atoms with van der Waals surface area (Å²) in [6, 6.07) is 16.3. The molecule has 1 amide bonds. The van der Waals surface area contributed by atoms with Crippen molar-refractivity contribution in [3.63, 3.8) is 0 Å². The van der Waals surface area contributed by atoms with Gasteiger partial charge in [0.1, 0.15) is 12.2 Å². The zero-order valence-electron chi connectivity index (χ0n) is 18.0. The summed E-state index contributed by atoms with van der Waals surface area (Å²) in [4.78, 5) is 16.4. The lowest BCUT2D eigenvalue weighted by molar-refractivity contribution is 0.0139. The van der Waals surface area contributed by atoms with E-state index in [1.165, 1.54) is 5.56 Å². The number of hydrogen-bond donors (Lipinski definition) is 0. The number of nitrogens with zero attached hydrogens (tertiary/aromatic N) is 2. The Morgan fingerprint density at radius 3 is 2.33 bits per heavy atom. The van der Waals surface area contributed by atoms with Gasteiger partial charge in [-0.1, -0.05) is 36.4 Å². The van der Waals surface area contributed by atoms with Crippen LogP contribution in [0, 0.1) is 0 Å². The second-order valence-corrected chi connectivity index (χ2v) is 8.85. The zero-order valence-corrected chi connectivity index (χ0v) is 18.0. The molecule has 1 unspecified atom stereocenters. The lowest BCUT2D eigenvalue weighted by Crippen LogP contribution is -2.49. The highest BCUT2D eigenvalue weighted by Gasteiger charge is 2.26. The molecule has 6 nitrogen and oxygen atoms in total. The fourth-order valence-electron chi connectivity index (χ4n) is 3.69. The molecule has 2 heterocycles. The van der Waals surface area contributed by atoms with Gasteiger partial charge in [-0.2, -0.15) is 0 Å². The van der Waals surface area contributed by atoms with E-state index in [2.05, 4.69) is 29.2 Å². The maximum atomic E-state index is 12.2. The smallest absolute Gasteiger partial charge is 0.410 e. The van der Waals surface area contributed by atoms with Gasteiger partial charge in [0.05, 0.1) is 0 Å². The van der Waals surface area contributed by atoms with Gasteiger partial charge in [0.15, 0.2) is 17.6 Å². The van der Waals surface area contributed by atoms with Crippen LogP contribution in [-0.4, -0.2) is 54.3 Å². The minimum Gasteiger partial charge on any atom is -0.485 e. The quantitative estimate of drug-likeness (QED) is 0.757. The van der Waals surface area contributed by atoms with E-state index in [1.54, 1.807) is 4.90 Å². The van der Waals surface area contributed by atoms with Gasteiger partial charge in [-0.3, -0.25) is 4.90 Å². The van der Waals surface area contributed by atoms with E-state index in [-0.39, 0.29) is 12.2 Å². The van der Waals surface area contributed by atoms with Crippen molar-refractivity contribution in [3.05, 3.63) is 59.7 Å². The molecular weight excluding hydrogens is 380 g/mol. The van der Waals surface area contributed by atoms with Crippen LogP contribution in [0.1, 0.15) is 38.0 Å². The van der Waals surface area contributed by atoms with Crippen LogP contribution in [0.2, 0.25) is 0 Å². The van der Waals surface area contributed by atoms with E-state index in [1.807, 2.05) is 45.0 Å². The molecule has 0 aromatic heterocycles. The van der Waals surface area contributed by atoms with Gasteiger partial charge in [0.2, 0.25) is 0 Å². The third kappa shape index (κ3) is 5.05. The highest BCUT2D eigenvalue weighted by molar-refractivity contribution is 5.68. The summed E-state index contributed by atoms with van der Waals surface area (Å²) in [5.74, 6) is 1.59. The fourth-order valence-corrected chi connectivity index (χ4v) is 3.69.